The van der Waals surface area contributed by atoms with Crippen LogP contribution in [-0.2, 0) is 6.54 Å². The Morgan fingerprint density at radius 1 is 1.17 bits per heavy atom. The lowest BCUT2D eigenvalue weighted by molar-refractivity contribution is 0.0789. The Kier molecular flexibility index (Phi) is 5.45. The van der Waals surface area contributed by atoms with Crippen LogP contribution >= 0.6 is 11.6 Å². The largest absolute Gasteiger partial charge is 0.486 e. The van der Waals surface area contributed by atoms with Crippen LogP contribution in [0.4, 0.5) is 0 Å². The van der Waals surface area contributed by atoms with Crippen LogP contribution < -0.4 is 14.8 Å². The van der Waals surface area contributed by atoms with Gasteiger partial charge in [0, 0.05) is 0 Å². The Balaban J connectivity index is 1.41. The second-order valence-corrected chi connectivity index (χ2v) is 7.46. The fourth-order valence-electron chi connectivity index (χ4n) is 3.24. The van der Waals surface area contributed by atoms with Gasteiger partial charge in [0.2, 0.25) is 0 Å². The number of halogens is 1. The van der Waals surface area contributed by atoms with E-state index in [2.05, 4.69) is 10.4 Å². The van der Waals surface area contributed by atoms with Crippen LogP contribution in [-0.4, -0.2) is 34.9 Å². The molecule has 0 saturated heterocycles. The van der Waals surface area contributed by atoms with E-state index >= 15 is 0 Å². The molecule has 0 saturated carbocycles. The number of hydrogen-bond acceptors (Lipinski definition) is 4. The summed E-state index contributed by atoms with van der Waals surface area (Å²) in [7, 11) is 0. The quantitative estimate of drug-likeness (QED) is 0.694. The lowest BCUT2D eigenvalue weighted by atomic mass is 10.1. The minimum absolute atomic E-state index is 0.268. The predicted molar refractivity (Wildman–Crippen MR) is 111 cm³/mol. The molecule has 1 N–H and O–H groups in total. The number of rotatable bonds is 5. The highest BCUT2D eigenvalue weighted by molar-refractivity contribution is 6.33. The van der Waals surface area contributed by atoms with Crippen molar-refractivity contribution in [3.63, 3.8) is 0 Å². The van der Waals surface area contributed by atoms with Gasteiger partial charge in [0.25, 0.3) is 5.91 Å². The summed E-state index contributed by atoms with van der Waals surface area (Å²) in [6.07, 6.45) is -0.268. The van der Waals surface area contributed by atoms with Crippen molar-refractivity contribution in [2.24, 2.45) is 0 Å². The van der Waals surface area contributed by atoms with Crippen LogP contribution in [0.15, 0.2) is 48.5 Å². The first-order chi connectivity index (χ1) is 14.0. The standard InChI is InChI=1S/C22H22ClN3O3/c1-14-7-9-16(10-8-14)12-26-21(23)20(15(2)25-26)22(27)24-11-17-13-28-18-5-3-4-6-19(18)29-17/h3-10,17H,11-13H2,1-2H3,(H,24,27)/t17-/m0/s1. The summed E-state index contributed by atoms with van der Waals surface area (Å²) in [6, 6.07) is 15.6. The molecule has 1 atom stereocenters. The number of carbonyl (C=O) groups is 1. The summed E-state index contributed by atoms with van der Waals surface area (Å²) in [5, 5.41) is 7.65. The van der Waals surface area contributed by atoms with Gasteiger partial charge >= 0.3 is 0 Å². The lowest BCUT2D eigenvalue weighted by Gasteiger charge is -2.26. The molecule has 3 aromatic rings. The Bertz CT molecular complexity index is 1030. The van der Waals surface area contributed by atoms with Crippen LogP contribution in [0.5, 0.6) is 11.5 Å². The molecule has 4 rings (SSSR count). The molecule has 0 radical (unpaired) electrons. The highest BCUT2D eigenvalue weighted by atomic mass is 35.5. The molecule has 0 fully saturated rings. The first kappa shape index (κ1) is 19.3. The predicted octanol–water partition coefficient (Wildman–Crippen LogP) is 3.77. The van der Waals surface area contributed by atoms with Gasteiger partial charge in [-0.25, -0.2) is 4.68 Å². The number of hydrogen-bond donors (Lipinski definition) is 1. The number of aryl methyl sites for hydroxylation is 2. The SMILES string of the molecule is Cc1ccc(Cn2nc(C)c(C(=O)NC[C@H]3COc4ccccc4O3)c2Cl)cc1. The molecule has 6 nitrogen and oxygen atoms in total. The van der Waals surface area contributed by atoms with E-state index in [4.69, 9.17) is 21.1 Å². The molecule has 1 aliphatic rings. The van der Waals surface area contributed by atoms with Gasteiger partial charge < -0.3 is 14.8 Å². The van der Waals surface area contributed by atoms with Crippen molar-refractivity contribution >= 4 is 17.5 Å². The molecule has 0 bridgehead atoms. The summed E-state index contributed by atoms with van der Waals surface area (Å²) in [5.41, 5.74) is 3.23. The van der Waals surface area contributed by atoms with Gasteiger partial charge in [0.05, 0.1) is 24.3 Å². The lowest BCUT2D eigenvalue weighted by Crippen LogP contribution is -2.40. The smallest absolute Gasteiger partial charge is 0.256 e. The molecule has 2 aromatic carbocycles. The van der Waals surface area contributed by atoms with Gasteiger partial charge in [-0.15, -0.1) is 0 Å². The first-order valence-corrected chi connectivity index (χ1v) is 9.84. The van der Waals surface area contributed by atoms with E-state index in [9.17, 15) is 4.79 Å². The minimum Gasteiger partial charge on any atom is -0.486 e. The van der Waals surface area contributed by atoms with Crippen LogP contribution in [0.1, 0.15) is 27.2 Å². The molecule has 29 heavy (non-hydrogen) atoms. The normalized spacial score (nSPS) is 15.2. The van der Waals surface area contributed by atoms with Gasteiger partial charge in [-0.3, -0.25) is 4.79 Å². The van der Waals surface area contributed by atoms with E-state index in [-0.39, 0.29) is 12.0 Å². The maximum atomic E-state index is 12.7. The van der Waals surface area contributed by atoms with Crippen molar-refractivity contribution in [2.45, 2.75) is 26.5 Å². The average Bonchev–Trinajstić information content (AvgIpc) is 3.00. The van der Waals surface area contributed by atoms with E-state index in [0.29, 0.717) is 47.6 Å². The molecule has 1 aromatic heterocycles. The Labute approximate surface area is 174 Å². The molecule has 0 aliphatic carbocycles. The number of fused-ring (bicyclic) bond motifs is 1. The number of ether oxygens (including phenoxy) is 2. The van der Waals surface area contributed by atoms with Crippen LogP contribution in [0.3, 0.4) is 0 Å². The number of aromatic nitrogens is 2. The van der Waals surface area contributed by atoms with E-state index < -0.39 is 0 Å². The topological polar surface area (TPSA) is 65.4 Å². The van der Waals surface area contributed by atoms with E-state index in [1.807, 2.05) is 55.5 Å². The van der Waals surface area contributed by atoms with Crippen LogP contribution in [0.25, 0.3) is 0 Å². The number of nitrogens with zero attached hydrogens (tertiary/aromatic N) is 2. The molecule has 1 aliphatic heterocycles. The van der Waals surface area contributed by atoms with Gasteiger partial charge in [-0.1, -0.05) is 53.6 Å². The minimum atomic E-state index is -0.273. The van der Waals surface area contributed by atoms with Crippen molar-refractivity contribution in [3.8, 4) is 11.5 Å². The fourth-order valence-corrected chi connectivity index (χ4v) is 3.56. The van der Waals surface area contributed by atoms with Crippen molar-refractivity contribution in [1.29, 1.82) is 0 Å². The number of amides is 1. The fraction of sp³-hybridized carbons (Fsp3) is 0.273. The van der Waals surface area contributed by atoms with Crippen molar-refractivity contribution in [1.82, 2.24) is 15.1 Å². The number of para-hydroxylation sites is 2. The average molecular weight is 412 g/mol. The molecule has 7 heteroatoms. The molecule has 0 spiro atoms. The first-order valence-electron chi connectivity index (χ1n) is 9.46. The summed E-state index contributed by atoms with van der Waals surface area (Å²) >= 11 is 6.48. The monoisotopic (exact) mass is 411 g/mol. The van der Waals surface area contributed by atoms with E-state index in [1.54, 1.807) is 11.6 Å². The van der Waals surface area contributed by atoms with Crippen molar-refractivity contribution < 1.29 is 14.3 Å². The zero-order valence-corrected chi connectivity index (χ0v) is 17.1. The molecule has 150 valence electrons. The molecule has 2 heterocycles. The maximum Gasteiger partial charge on any atom is 0.256 e. The third-order valence-corrected chi connectivity index (χ3v) is 5.19. The Hall–Kier alpha value is -2.99. The number of nitrogens with one attached hydrogen (secondary N) is 1. The summed E-state index contributed by atoms with van der Waals surface area (Å²) in [6.45, 7) is 5.01. The van der Waals surface area contributed by atoms with Gasteiger partial charge in [-0.05, 0) is 31.5 Å². The van der Waals surface area contributed by atoms with E-state index in [0.717, 1.165) is 5.56 Å². The summed E-state index contributed by atoms with van der Waals surface area (Å²) < 4.78 is 13.2. The second kappa shape index (κ2) is 8.17. The third kappa shape index (κ3) is 4.22. The van der Waals surface area contributed by atoms with Gasteiger partial charge in [0.15, 0.2) is 11.5 Å². The maximum absolute atomic E-state index is 12.7. The van der Waals surface area contributed by atoms with Gasteiger partial charge in [0.1, 0.15) is 17.9 Å². The zero-order chi connectivity index (χ0) is 20.4. The highest BCUT2D eigenvalue weighted by Gasteiger charge is 2.24. The van der Waals surface area contributed by atoms with Gasteiger partial charge in [-0.2, -0.15) is 5.10 Å². The summed E-state index contributed by atoms with van der Waals surface area (Å²) in [5.74, 6) is 1.12. The second-order valence-electron chi connectivity index (χ2n) is 7.10. The Morgan fingerprint density at radius 2 is 1.90 bits per heavy atom. The van der Waals surface area contributed by atoms with Crippen LogP contribution in [0, 0.1) is 13.8 Å². The van der Waals surface area contributed by atoms with E-state index in [1.165, 1.54) is 5.56 Å². The molecule has 1 amide bonds. The van der Waals surface area contributed by atoms with Crippen molar-refractivity contribution in [2.75, 3.05) is 13.2 Å². The molecule has 0 unspecified atom stereocenters. The Morgan fingerprint density at radius 3 is 2.66 bits per heavy atom. The number of carbonyl (C=O) groups excluding carboxylic acids is 1. The zero-order valence-electron chi connectivity index (χ0n) is 16.3. The highest BCUT2D eigenvalue weighted by Crippen LogP contribution is 2.30. The summed E-state index contributed by atoms with van der Waals surface area (Å²) in [4.78, 5) is 12.7. The van der Waals surface area contributed by atoms with Crippen LogP contribution in [0.2, 0.25) is 5.15 Å². The molecular formula is C22H22ClN3O3. The third-order valence-electron chi connectivity index (χ3n) is 4.80. The molecular weight excluding hydrogens is 390 g/mol. The number of benzene rings is 2. The van der Waals surface area contributed by atoms with Crippen molar-refractivity contribution in [3.05, 3.63) is 76.1 Å².